The van der Waals surface area contributed by atoms with Gasteiger partial charge in [-0.2, -0.15) is 0 Å². The maximum absolute atomic E-state index is 12.1. The van der Waals surface area contributed by atoms with Crippen LogP contribution in [-0.4, -0.2) is 36.2 Å². The molecule has 24 heavy (non-hydrogen) atoms. The van der Waals surface area contributed by atoms with Crippen molar-refractivity contribution in [3.63, 3.8) is 0 Å². The number of amides is 1. The van der Waals surface area contributed by atoms with E-state index in [1.807, 2.05) is 0 Å². The van der Waals surface area contributed by atoms with Crippen LogP contribution in [0, 0.1) is 6.92 Å². The first kappa shape index (κ1) is 17.1. The molecule has 126 valence electrons. The molecule has 0 spiro atoms. The van der Waals surface area contributed by atoms with Gasteiger partial charge in [-0.3, -0.25) is 9.69 Å². The number of rotatable bonds is 6. The molecule has 0 aliphatic carbocycles. The molecule has 2 aromatic rings. The Balaban J connectivity index is 1.36. The second kappa shape index (κ2) is 8.36. The predicted molar refractivity (Wildman–Crippen MR) is 100 cm³/mol. The smallest absolute Gasteiger partial charge is 0.234 e. The summed E-state index contributed by atoms with van der Waals surface area (Å²) in [6.07, 6.45) is 1.03. The lowest BCUT2D eigenvalue weighted by molar-refractivity contribution is -0.122. The summed E-state index contributed by atoms with van der Waals surface area (Å²) in [7, 11) is 0. The SMILES string of the molecule is Cc1ccc(SCCNC(=O)CN2CCc3ccccc3C2)cc1. The Morgan fingerprint density at radius 1 is 1.12 bits per heavy atom. The normalized spacial score (nSPS) is 14.2. The number of thioether (sulfide) groups is 1. The van der Waals surface area contributed by atoms with E-state index in [9.17, 15) is 4.79 Å². The van der Waals surface area contributed by atoms with E-state index in [2.05, 4.69) is 65.7 Å². The van der Waals surface area contributed by atoms with Gasteiger partial charge in [0.1, 0.15) is 0 Å². The first-order valence-electron chi connectivity index (χ1n) is 8.46. The molecule has 0 radical (unpaired) electrons. The third-order valence-corrected chi connectivity index (χ3v) is 5.30. The molecule has 0 unspecified atom stereocenters. The van der Waals surface area contributed by atoms with Gasteiger partial charge in [-0.25, -0.2) is 0 Å². The Morgan fingerprint density at radius 3 is 2.67 bits per heavy atom. The number of carbonyl (C=O) groups excluding carboxylic acids is 1. The van der Waals surface area contributed by atoms with Crippen LogP contribution in [0.4, 0.5) is 0 Å². The van der Waals surface area contributed by atoms with Crippen LogP contribution in [0.1, 0.15) is 16.7 Å². The van der Waals surface area contributed by atoms with E-state index in [0.717, 1.165) is 25.3 Å². The molecule has 2 aromatic carbocycles. The van der Waals surface area contributed by atoms with Gasteiger partial charge in [0, 0.05) is 30.3 Å². The van der Waals surface area contributed by atoms with Gasteiger partial charge in [0.2, 0.25) is 5.91 Å². The third kappa shape index (κ3) is 4.86. The molecule has 0 saturated carbocycles. The van der Waals surface area contributed by atoms with Crippen molar-refractivity contribution >= 4 is 17.7 Å². The van der Waals surface area contributed by atoms with Crippen LogP contribution in [0.25, 0.3) is 0 Å². The van der Waals surface area contributed by atoms with Crippen LogP contribution in [0.5, 0.6) is 0 Å². The highest BCUT2D eigenvalue weighted by Crippen LogP contribution is 2.18. The van der Waals surface area contributed by atoms with E-state index < -0.39 is 0 Å². The average molecular weight is 340 g/mol. The van der Waals surface area contributed by atoms with Gasteiger partial charge in [-0.15, -0.1) is 11.8 Å². The van der Waals surface area contributed by atoms with Gasteiger partial charge in [0.15, 0.2) is 0 Å². The lowest BCUT2D eigenvalue weighted by atomic mass is 10.00. The van der Waals surface area contributed by atoms with Crippen molar-refractivity contribution in [2.24, 2.45) is 0 Å². The first-order valence-corrected chi connectivity index (χ1v) is 9.44. The van der Waals surface area contributed by atoms with Gasteiger partial charge >= 0.3 is 0 Å². The van der Waals surface area contributed by atoms with Crippen LogP contribution in [-0.2, 0) is 17.8 Å². The van der Waals surface area contributed by atoms with Crippen LogP contribution in [0.3, 0.4) is 0 Å². The first-order chi connectivity index (χ1) is 11.7. The highest BCUT2D eigenvalue weighted by atomic mass is 32.2. The summed E-state index contributed by atoms with van der Waals surface area (Å²) >= 11 is 1.78. The van der Waals surface area contributed by atoms with Gasteiger partial charge in [-0.1, -0.05) is 42.0 Å². The van der Waals surface area contributed by atoms with Crippen molar-refractivity contribution in [1.29, 1.82) is 0 Å². The Kier molecular flexibility index (Phi) is 5.94. The molecule has 0 fully saturated rings. The zero-order valence-electron chi connectivity index (χ0n) is 14.1. The minimum Gasteiger partial charge on any atom is -0.354 e. The lowest BCUT2D eigenvalue weighted by Crippen LogP contribution is -2.40. The van der Waals surface area contributed by atoms with Crippen molar-refractivity contribution in [2.45, 2.75) is 24.8 Å². The quantitative estimate of drug-likeness (QED) is 0.647. The molecule has 1 aliphatic heterocycles. The molecule has 3 nitrogen and oxygen atoms in total. The molecule has 1 amide bonds. The standard InChI is InChI=1S/C20H24N2OS/c1-16-6-8-19(9-7-16)24-13-11-21-20(23)15-22-12-10-17-4-2-3-5-18(17)14-22/h2-9H,10-15H2,1H3,(H,21,23). The number of aryl methyl sites for hydroxylation is 1. The lowest BCUT2D eigenvalue weighted by Gasteiger charge is -2.28. The number of fused-ring (bicyclic) bond motifs is 1. The molecule has 3 rings (SSSR count). The van der Waals surface area contributed by atoms with Crippen LogP contribution in [0.2, 0.25) is 0 Å². The zero-order chi connectivity index (χ0) is 16.8. The Labute approximate surface area is 148 Å². The van der Waals surface area contributed by atoms with E-state index in [1.54, 1.807) is 11.8 Å². The summed E-state index contributed by atoms with van der Waals surface area (Å²) in [5, 5.41) is 3.03. The van der Waals surface area contributed by atoms with Gasteiger partial charge in [0.25, 0.3) is 0 Å². The number of nitrogens with one attached hydrogen (secondary N) is 1. The molecule has 1 aliphatic rings. The van der Waals surface area contributed by atoms with Crippen molar-refractivity contribution in [1.82, 2.24) is 10.2 Å². The van der Waals surface area contributed by atoms with Gasteiger partial charge in [0.05, 0.1) is 6.54 Å². The van der Waals surface area contributed by atoms with E-state index in [4.69, 9.17) is 0 Å². The van der Waals surface area contributed by atoms with Crippen LogP contribution in [0.15, 0.2) is 53.4 Å². The highest BCUT2D eigenvalue weighted by Gasteiger charge is 2.17. The zero-order valence-corrected chi connectivity index (χ0v) is 14.9. The number of hydrogen-bond acceptors (Lipinski definition) is 3. The third-order valence-electron chi connectivity index (χ3n) is 4.29. The Morgan fingerprint density at radius 2 is 1.88 bits per heavy atom. The van der Waals surface area contributed by atoms with Crippen molar-refractivity contribution in [3.05, 3.63) is 65.2 Å². The maximum Gasteiger partial charge on any atom is 0.234 e. The molecule has 0 saturated heterocycles. The summed E-state index contributed by atoms with van der Waals surface area (Å²) < 4.78 is 0. The molecule has 1 heterocycles. The molecule has 0 bridgehead atoms. The summed E-state index contributed by atoms with van der Waals surface area (Å²) in [6, 6.07) is 17.0. The minimum absolute atomic E-state index is 0.124. The molecule has 4 heteroatoms. The summed E-state index contributed by atoms with van der Waals surface area (Å²) in [5.74, 6) is 1.02. The number of nitrogens with zero attached hydrogens (tertiary/aromatic N) is 1. The van der Waals surface area contributed by atoms with Crippen LogP contribution < -0.4 is 5.32 Å². The molecule has 0 atom stereocenters. The molecular formula is C20H24N2OS. The second-order valence-corrected chi connectivity index (χ2v) is 7.41. The topological polar surface area (TPSA) is 32.3 Å². The van der Waals surface area contributed by atoms with Crippen molar-refractivity contribution in [3.8, 4) is 0 Å². The summed E-state index contributed by atoms with van der Waals surface area (Å²) in [6.45, 7) is 5.13. The predicted octanol–water partition coefficient (Wildman–Crippen LogP) is 3.26. The fourth-order valence-corrected chi connectivity index (χ4v) is 3.71. The molecule has 1 N–H and O–H groups in total. The fraction of sp³-hybridized carbons (Fsp3) is 0.350. The van der Waals surface area contributed by atoms with E-state index in [-0.39, 0.29) is 5.91 Å². The minimum atomic E-state index is 0.124. The van der Waals surface area contributed by atoms with Crippen molar-refractivity contribution in [2.75, 3.05) is 25.4 Å². The fourth-order valence-electron chi connectivity index (χ4n) is 2.94. The van der Waals surface area contributed by atoms with Gasteiger partial charge in [-0.05, 0) is 36.6 Å². The number of benzene rings is 2. The molecular weight excluding hydrogens is 316 g/mol. The summed E-state index contributed by atoms with van der Waals surface area (Å²) in [4.78, 5) is 15.6. The Hall–Kier alpha value is -1.78. The highest BCUT2D eigenvalue weighted by molar-refractivity contribution is 7.99. The van der Waals surface area contributed by atoms with Crippen LogP contribution >= 0.6 is 11.8 Å². The average Bonchev–Trinajstić information content (AvgIpc) is 2.60. The Bertz CT molecular complexity index is 684. The maximum atomic E-state index is 12.1. The number of carbonyl (C=O) groups is 1. The second-order valence-electron chi connectivity index (χ2n) is 6.24. The van der Waals surface area contributed by atoms with E-state index in [0.29, 0.717) is 13.1 Å². The van der Waals surface area contributed by atoms with E-state index in [1.165, 1.54) is 21.6 Å². The number of hydrogen-bond donors (Lipinski definition) is 1. The molecule has 0 aromatic heterocycles. The van der Waals surface area contributed by atoms with Gasteiger partial charge < -0.3 is 5.32 Å². The van der Waals surface area contributed by atoms with Crippen molar-refractivity contribution < 1.29 is 4.79 Å². The largest absolute Gasteiger partial charge is 0.354 e. The summed E-state index contributed by atoms with van der Waals surface area (Å²) in [5.41, 5.74) is 4.05. The van der Waals surface area contributed by atoms with E-state index >= 15 is 0 Å². The monoisotopic (exact) mass is 340 g/mol.